The molecule has 0 saturated carbocycles. The van der Waals surface area contributed by atoms with Crippen LogP contribution in [0.1, 0.15) is 22.8 Å². The monoisotopic (exact) mass is 338 g/mol. The van der Waals surface area contributed by atoms with E-state index in [-0.39, 0.29) is 6.10 Å². The van der Waals surface area contributed by atoms with E-state index in [0.29, 0.717) is 6.61 Å². The highest BCUT2D eigenvalue weighted by atomic mass is 79.9. The zero-order valence-corrected chi connectivity index (χ0v) is 13.1. The van der Waals surface area contributed by atoms with Crippen molar-refractivity contribution >= 4 is 27.5 Å². The van der Waals surface area contributed by atoms with Crippen LogP contribution < -0.4 is 0 Å². The summed E-state index contributed by atoms with van der Waals surface area (Å²) in [6, 6.07) is 16.2. The van der Waals surface area contributed by atoms with Gasteiger partial charge < -0.3 is 4.74 Å². The molecule has 0 heterocycles. The second-order valence-corrected chi connectivity index (χ2v) is 5.58. The van der Waals surface area contributed by atoms with Gasteiger partial charge in [0, 0.05) is 10.4 Å². The van der Waals surface area contributed by atoms with Crippen molar-refractivity contribution < 1.29 is 4.74 Å². The molecule has 100 valence electrons. The van der Waals surface area contributed by atoms with Gasteiger partial charge in [-0.3, -0.25) is 0 Å². The summed E-state index contributed by atoms with van der Waals surface area (Å²) in [6.45, 7) is 2.67. The lowest BCUT2D eigenvalue weighted by atomic mass is 10.1. The van der Waals surface area contributed by atoms with Gasteiger partial charge in [-0.2, -0.15) is 0 Å². The summed E-state index contributed by atoms with van der Waals surface area (Å²) in [5, 5.41) is 1.53. The Hall–Kier alpha value is -0.830. The summed E-state index contributed by atoms with van der Waals surface area (Å²) in [7, 11) is 0. The van der Waals surface area contributed by atoms with Gasteiger partial charge in [-0.15, -0.1) is 0 Å². The average Bonchev–Trinajstić information content (AvgIpc) is 2.43. The Kier molecular flexibility index (Phi) is 5.44. The second kappa shape index (κ2) is 7.09. The van der Waals surface area contributed by atoms with Gasteiger partial charge in [-0.25, -0.2) is 0 Å². The summed E-state index contributed by atoms with van der Waals surface area (Å²) in [5.74, 6) is 0. The Morgan fingerprint density at radius 2 is 1.68 bits per heavy atom. The number of hydrogen-bond donors (Lipinski definition) is 0. The molecule has 1 unspecified atom stereocenters. The third kappa shape index (κ3) is 4.34. The van der Waals surface area contributed by atoms with Crippen LogP contribution in [0.3, 0.4) is 0 Å². The van der Waals surface area contributed by atoms with E-state index >= 15 is 0 Å². The minimum absolute atomic E-state index is 0.0660. The third-order valence-corrected chi connectivity index (χ3v) is 3.79. The van der Waals surface area contributed by atoms with E-state index in [2.05, 4.69) is 47.1 Å². The molecule has 2 rings (SSSR count). The first-order chi connectivity index (χ1) is 9.19. The van der Waals surface area contributed by atoms with Crippen molar-refractivity contribution in [3.05, 3.63) is 70.2 Å². The highest BCUT2D eigenvalue weighted by molar-refractivity contribution is 9.09. The molecular formula is C16H16BrClO. The highest BCUT2D eigenvalue weighted by Crippen LogP contribution is 2.22. The molecule has 2 aromatic carbocycles. The minimum Gasteiger partial charge on any atom is -0.368 e. The maximum absolute atomic E-state index is 5.95. The van der Waals surface area contributed by atoms with Crippen LogP contribution in [-0.4, -0.2) is 5.33 Å². The molecule has 0 aromatic heterocycles. The number of aryl methyl sites for hydroxylation is 1. The van der Waals surface area contributed by atoms with Crippen LogP contribution in [-0.2, 0) is 11.3 Å². The van der Waals surface area contributed by atoms with Crippen molar-refractivity contribution in [3.63, 3.8) is 0 Å². The fourth-order valence-electron chi connectivity index (χ4n) is 1.79. The molecule has 0 aliphatic rings. The maximum Gasteiger partial charge on any atom is 0.0926 e. The molecule has 0 bridgehead atoms. The van der Waals surface area contributed by atoms with Crippen LogP contribution in [0.5, 0.6) is 0 Å². The van der Waals surface area contributed by atoms with Crippen LogP contribution in [0.4, 0.5) is 0 Å². The lowest BCUT2D eigenvalue weighted by Gasteiger charge is -2.16. The molecule has 0 N–H and O–H groups in total. The van der Waals surface area contributed by atoms with E-state index in [9.17, 15) is 0 Å². The number of alkyl halides is 1. The van der Waals surface area contributed by atoms with Gasteiger partial charge in [0.2, 0.25) is 0 Å². The van der Waals surface area contributed by atoms with Crippen molar-refractivity contribution in [2.24, 2.45) is 0 Å². The standard InChI is InChI=1S/C16H16BrClO/c1-12-2-6-14(7-3-12)16(10-17)19-11-13-4-8-15(18)9-5-13/h2-9,16H,10-11H2,1H3. The number of hydrogen-bond acceptors (Lipinski definition) is 1. The van der Waals surface area contributed by atoms with E-state index < -0.39 is 0 Å². The van der Waals surface area contributed by atoms with Crippen molar-refractivity contribution in [3.8, 4) is 0 Å². The Labute approximate surface area is 127 Å². The predicted octanol–water partition coefficient (Wildman–Crippen LogP) is 5.30. The molecule has 19 heavy (non-hydrogen) atoms. The summed E-state index contributed by atoms with van der Waals surface area (Å²) >= 11 is 9.37. The topological polar surface area (TPSA) is 9.23 Å². The van der Waals surface area contributed by atoms with Gasteiger partial charge in [0.1, 0.15) is 0 Å². The number of halogens is 2. The Morgan fingerprint density at radius 1 is 1.05 bits per heavy atom. The quantitative estimate of drug-likeness (QED) is 0.672. The number of benzene rings is 2. The van der Waals surface area contributed by atoms with Crippen LogP contribution in [0.15, 0.2) is 48.5 Å². The van der Waals surface area contributed by atoms with E-state index in [4.69, 9.17) is 16.3 Å². The van der Waals surface area contributed by atoms with Gasteiger partial charge in [0.15, 0.2) is 0 Å². The van der Waals surface area contributed by atoms with E-state index in [1.165, 1.54) is 11.1 Å². The Morgan fingerprint density at radius 3 is 2.26 bits per heavy atom. The minimum atomic E-state index is 0.0660. The van der Waals surface area contributed by atoms with Gasteiger partial charge in [-0.05, 0) is 30.2 Å². The number of rotatable bonds is 5. The zero-order chi connectivity index (χ0) is 13.7. The largest absolute Gasteiger partial charge is 0.368 e. The molecule has 0 amide bonds. The fraction of sp³-hybridized carbons (Fsp3) is 0.250. The summed E-state index contributed by atoms with van der Waals surface area (Å²) in [4.78, 5) is 0. The smallest absolute Gasteiger partial charge is 0.0926 e. The average molecular weight is 340 g/mol. The lowest BCUT2D eigenvalue weighted by Crippen LogP contribution is -2.06. The van der Waals surface area contributed by atoms with Crippen LogP contribution in [0.25, 0.3) is 0 Å². The van der Waals surface area contributed by atoms with Gasteiger partial charge >= 0.3 is 0 Å². The summed E-state index contributed by atoms with van der Waals surface area (Å²) < 4.78 is 5.95. The molecule has 0 aliphatic heterocycles. The third-order valence-electron chi connectivity index (χ3n) is 2.95. The first-order valence-corrected chi connectivity index (χ1v) is 7.67. The Balaban J connectivity index is 1.99. The molecule has 2 aromatic rings. The predicted molar refractivity (Wildman–Crippen MR) is 84.0 cm³/mol. The summed E-state index contributed by atoms with van der Waals surface area (Å²) in [6.07, 6.45) is 0.0660. The van der Waals surface area contributed by atoms with Crippen molar-refractivity contribution in [1.82, 2.24) is 0 Å². The van der Waals surface area contributed by atoms with Crippen LogP contribution in [0.2, 0.25) is 5.02 Å². The first kappa shape index (κ1) is 14.6. The lowest BCUT2D eigenvalue weighted by molar-refractivity contribution is 0.0566. The van der Waals surface area contributed by atoms with Crippen molar-refractivity contribution in [1.29, 1.82) is 0 Å². The van der Waals surface area contributed by atoms with Crippen molar-refractivity contribution in [2.45, 2.75) is 19.6 Å². The molecule has 3 heteroatoms. The van der Waals surface area contributed by atoms with E-state index in [1.807, 2.05) is 24.3 Å². The molecular weight excluding hydrogens is 324 g/mol. The number of ether oxygens (including phenoxy) is 1. The van der Waals surface area contributed by atoms with Crippen molar-refractivity contribution in [2.75, 3.05) is 5.33 Å². The molecule has 1 atom stereocenters. The van der Waals surface area contributed by atoms with E-state index in [1.54, 1.807) is 0 Å². The summed E-state index contributed by atoms with van der Waals surface area (Å²) in [5.41, 5.74) is 3.58. The highest BCUT2D eigenvalue weighted by Gasteiger charge is 2.10. The molecule has 0 aliphatic carbocycles. The normalized spacial score (nSPS) is 12.4. The SMILES string of the molecule is Cc1ccc(C(CBr)OCc2ccc(Cl)cc2)cc1. The second-order valence-electron chi connectivity index (χ2n) is 4.49. The molecule has 0 radical (unpaired) electrons. The van der Waals surface area contributed by atoms with Gasteiger partial charge in [-0.1, -0.05) is 69.5 Å². The molecule has 1 nitrogen and oxygen atoms in total. The molecule has 0 spiro atoms. The van der Waals surface area contributed by atoms with Gasteiger partial charge in [0.05, 0.1) is 12.7 Å². The maximum atomic E-state index is 5.95. The first-order valence-electron chi connectivity index (χ1n) is 6.17. The Bertz CT molecular complexity index is 507. The fourth-order valence-corrected chi connectivity index (χ4v) is 2.48. The van der Waals surface area contributed by atoms with Gasteiger partial charge in [0.25, 0.3) is 0 Å². The van der Waals surface area contributed by atoms with Crippen LogP contribution in [0, 0.1) is 6.92 Å². The molecule has 0 saturated heterocycles. The zero-order valence-electron chi connectivity index (χ0n) is 10.8. The van der Waals surface area contributed by atoms with E-state index in [0.717, 1.165) is 15.9 Å². The molecule has 0 fully saturated rings. The van der Waals surface area contributed by atoms with Crippen LogP contribution >= 0.6 is 27.5 Å².